The van der Waals surface area contributed by atoms with Gasteiger partial charge in [-0.15, -0.1) is 11.3 Å². The van der Waals surface area contributed by atoms with Gasteiger partial charge in [0.1, 0.15) is 23.8 Å². The minimum absolute atomic E-state index is 0.00927. The summed E-state index contributed by atoms with van der Waals surface area (Å²) in [4.78, 5) is 33.9. The number of hydrogen-bond donors (Lipinski definition) is 1. The quantitative estimate of drug-likeness (QED) is 0.580. The zero-order chi connectivity index (χ0) is 23.7. The first-order valence-electron chi connectivity index (χ1n) is 11.5. The summed E-state index contributed by atoms with van der Waals surface area (Å²) >= 11 is 1.64. The van der Waals surface area contributed by atoms with Gasteiger partial charge in [0.15, 0.2) is 0 Å². The van der Waals surface area contributed by atoms with Gasteiger partial charge in [-0.1, -0.05) is 17.7 Å². The topological polar surface area (TPSA) is 71.0 Å². The van der Waals surface area contributed by atoms with E-state index in [4.69, 9.17) is 9.73 Å². The summed E-state index contributed by atoms with van der Waals surface area (Å²) in [6.07, 6.45) is 4.23. The molecule has 2 heterocycles. The maximum absolute atomic E-state index is 13.2. The zero-order valence-electron chi connectivity index (χ0n) is 19.4. The molecule has 0 spiro atoms. The van der Waals surface area contributed by atoms with Crippen LogP contribution in [0.1, 0.15) is 40.0 Å². The number of aliphatic imine (C=N–C) groups is 1. The zero-order valence-corrected chi connectivity index (χ0v) is 20.2. The molecule has 0 saturated heterocycles. The van der Waals surface area contributed by atoms with Gasteiger partial charge in [-0.2, -0.15) is 0 Å². The number of carbonyl (C=O) groups excluding carboxylic acids is 2. The lowest BCUT2D eigenvalue weighted by Crippen LogP contribution is -2.38. The molecule has 34 heavy (non-hydrogen) atoms. The van der Waals surface area contributed by atoms with Gasteiger partial charge >= 0.3 is 0 Å². The predicted molar refractivity (Wildman–Crippen MR) is 137 cm³/mol. The molecular weight excluding hydrogens is 446 g/mol. The number of ether oxygens (including phenoxy) is 1. The van der Waals surface area contributed by atoms with Crippen molar-refractivity contribution in [2.75, 3.05) is 30.4 Å². The number of benzene rings is 2. The molecule has 0 bridgehead atoms. The number of rotatable bonds is 5. The Morgan fingerprint density at radius 1 is 1.09 bits per heavy atom. The van der Waals surface area contributed by atoms with Crippen molar-refractivity contribution in [1.82, 2.24) is 0 Å². The lowest BCUT2D eigenvalue weighted by atomic mass is 9.91. The summed E-state index contributed by atoms with van der Waals surface area (Å²) in [6, 6.07) is 15.4. The molecule has 0 unspecified atom stereocenters. The van der Waals surface area contributed by atoms with E-state index in [1.54, 1.807) is 23.3 Å². The molecule has 1 aliphatic heterocycles. The van der Waals surface area contributed by atoms with Crippen molar-refractivity contribution in [2.45, 2.75) is 32.6 Å². The Hall–Kier alpha value is -3.45. The van der Waals surface area contributed by atoms with Gasteiger partial charge in [-0.3, -0.25) is 19.5 Å². The first-order valence-corrected chi connectivity index (χ1v) is 12.4. The van der Waals surface area contributed by atoms with E-state index in [1.807, 2.05) is 55.5 Å². The van der Waals surface area contributed by atoms with Gasteiger partial charge in [-0.05, 0) is 74.6 Å². The Morgan fingerprint density at radius 2 is 1.82 bits per heavy atom. The Morgan fingerprint density at radius 3 is 2.56 bits per heavy atom. The second kappa shape index (κ2) is 9.43. The average Bonchev–Trinajstić information content (AvgIpc) is 3.17. The van der Waals surface area contributed by atoms with Gasteiger partial charge < -0.3 is 10.1 Å². The minimum atomic E-state index is -0.220. The van der Waals surface area contributed by atoms with Crippen LogP contribution in [0.2, 0.25) is 0 Å². The molecular formula is C27H27N3O3S. The number of fused-ring (bicyclic) bond motifs is 3. The van der Waals surface area contributed by atoms with Gasteiger partial charge in [-0.25, -0.2) is 0 Å². The second-order valence-electron chi connectivity index (χ2n) is 8.68. The highest BCUT2D eigenvalue weighted by Crippen LogP contribution is 2.42. The maximum Gasteiger partial charge on any atom is 0.249 e. The largest absolute Gasteiger partial charge is 0.497 e. The van der Waals surface area contributed by atoms with Crippen LogP contribution in [0.25, 0.3) is 0 Å². The number of nitrogens with one attached hydrogen (secondary N) is 1. The number of hydrogen-bond acceptors (Lipinski definition) is 5. The molecule has 174 valence electrons. The molecule has 1 N–H and O–H groups in total. The standard InChI is InChI=1S/C27H27N3O3S/c1-17-7-11-19(12-8-17)29-23(31)16-30-24(32)15-28-26(18-9-13-20(33-2)14-10-18)25-21-5-3-4-6-22(21)34-27(25)30/h7-14H,3-6,15-16H2,1-2H3,(H,29,31). The highest BCUT2D eigenvalue weighted by Gasteiger charge is 2.33. The number of aryl methyl sites for hydroxylation is 2. The van der Waals surface area contributed by atoms with Crippen LogP contribution in [0.15, 0.2) is 53.5 Å². The summed E-state index contributed by atoms with van der Waals surface area (Å²) in [6.45, 7) is 1.97. The fraction of sp³-hybridized carbons (Fsp3) is 0.296. The van der Waals surface area contributed by atoms with Gasteiger partial charge in [0, 0.05) is 21.7 Å². The molecule has 1 aromatic heterocycles. The smallest absolute Gasteiger partial charge is 0.249 e. The van der Waals surface area contributed by atoms with E-state index in [2.05, 4.69) is 5.32 Å². The summed E-state index contributed by atoms with van der Waals surface area (Å²) in [5.74, 6) is 0.390. The van der Waals surface area contributed by atoms with Gasteiger partial charge in [0.25, 0.3) is 0 Å². The average molecular weight is 474 g/mol. The first kappa shape index (κ1) is 22.3. The molecule has 2 aliphatic rings. The van der Waals surface area contributed by atoms with Crippen LogP contribution in [0.5, 0.6) is 5.75 Å². The molecule has 0 radical (unpaired) electrons. The highest BCUT2D eigenvalue weighted by atomic mass is 32.1. The SMILES string of the molecule is COc1ccc(C2=NCC(=O)N(CC(=O)Nc3ccc(C)cc3)c3sc4c(c32)CCCC4)cc1. The summed E-state index contributed by atoms with van der Waals surface area (Å²) in [5, 5.41) is 3.76. The number of nitrogens with zero attached hydrogens (tertiary/aromatic N) is 2. The van der Waals surface area contributed by atoms with E-state index in [0.29, 0.717) is 0 Å². The van der Waals surface area contributed by atoms with Crippen LogP contribution in [0.3, 0.4) is 0 Å². The molecule has 2 aromatic carbocycles. The summed E-state index contributed by atoms with van der Waals surface area (Å²) < 4.78 is 5.31. The van der Waals surface area contributed by atoms with Crippen LogP contribution in [0.4, 0.5) is 10.7 Å². The van der Waals surface area contributed by atoms with Crippen molar-refractivity contribution < 1.29 is 14.3 Å². The number of carbonyl (C=O) groups is 2. The van der Waals surface area contributed by atoms with Crippen LogP contribution in [-0.4, -0.2) is 37.7 Å². The van der Waals surface area contributed by atoms with Crippen molar-refractivity contribution in [3.05, 3.63) is 75.7 Å². The predicted octanol–water partition coefficient (Wildman–Crippen LogP) is 4.77. The first-order chi connectivity index (χ1) is 16.5. The van der Waals surface area contributed by atoms with Crippen molar-refractivity contribution in [3.63, 3.8) is 0 Å². The van der Waals surface area contributed by atoms with Crippen molar-refractivity contribution in [2.24, 2.45) is 4.99 Å². The number of anilines is 2. The Labute approximate surface area is 203 Å². The van der Waals surface area contributed by atoms with Crippen molar-refractivity contribution in [1.29, 1.82) is 0 Å². The normalized spacial score (nSPS) is 15.2. The fourth-order valence-electron chi connectivity index (χ4n) is 4.54. The lowest BCUT2D eigenvalue weighted by molar-refractivity contribution is -0.120. The third-order valence-electron chi connectivity index (χ3n) is 6.31. The Kier molecular flexibility index (Phi) is 6.20. The molecule has 0 saturated carbocycles. The van der Waals surface area contributed by atoms with E-state index >= 15 is 0 Å². The second-order valence-corrected chi connectivity index (χ2v) is 9.76. The Balaban J connectivity index is 1.51. The van der Waals surface area contributed by atoms with Crippen LogP contribution >= 0.6 is 11.3 Å². The molecule has 2 amide bonds. The van der Waals surface area contributed by atoms with E-state index in [0.717, 1.165) is 64.5 Å². The molecule has 3 aromatic rings. The third kappa shape index (κ3) is 4.35. The highest BCUT2D eigenvalue weighted by molar-refractivity contribution is 7.17. The van der Waals surface area contributed by atoms with E-state index in [-0.39, 0.29) is 24.9 Å². The third-order valence-corrected chi connectivity index (χ3v) is 7.62. The van der Waals surface area contributed by atoms with Gasteiger partial charge in [0.05, 0.1) is 12.8 Å². The molecule has 7 heteroatoms. The van der Waals surface area contributed by atoms with Gasteiger partial charge in [0.2, 0.25) is 11.8 Å². The number of thiophene rings is 1. The summed E-state index contributed by atoms with van der Waals surface area (Å²) in [7, 11) is 1.64. The number of amides is 2. The lowest BCUT2D eigenvalue weighted by Gasteiger charge is -2.20. The molecule has 1 aliphatic carbocycles. The number of methoxy groups -OCH3 is 1. The van der Waals surface area contributed by atoms with Crippen LogP contribution in [-0.2, 0) is 22.4 Å². The minimum Gasteiger partial charge on any atom is -0.497 e. The van der Waals surface area contributed by atoms with Crippen LogP contribution in [0, 0.1) is 6.92 Å². The molecule has 6 nitrogen and oxygen atoms in total. The van der Waals surface area contributed by atoms with E-state index in [9.17, 15) is 9.59 Å². The van der Waals surface area contributed by atoms with Crippen molar-refractivity contribution >= 4 is 39.6 Å². The van der Waals surface area contributed by atoms with E-state index in [1.165, 1.54) is 10.4 Å². The Bertz CT molecular complexity index is 1260. The molecule has 0 atom stereocenters. The van der Waals surface area contributed by atoms with E-state index < -0.39 is 0 Å². The monoisotopic (exact) mass is 473 g/mol. The molecule has 5 rings (SSSR count). The summed E-state index contributed by atoms with van der Waals surface area (Å²) in [5.41, 5.74) is 5.91. The fourth-order valence-corrected chi connectivity index (χ4v) is 5.94. The van der Waals surface area contributed by atoms with Crippen molar-refractivity contribution in [3.8, 4) is 5.75 Å². The van der Waals surface area contributed by atoms with Crippen LogP contribution < -0.4 is 15.0 Å². The maximum atomic E-state index is 13.2. The molecule has 0 fully saturated rings.